The number of alkyl halides is 3. The highest BCUT2D eigenvalue weighted by molar-refractivity contribution is 7.15. The number of hydrogen-bond donors (Lipinski definition) is 0. The molecule has 1 aromatic heterocycles. The Morgan fingerprint density at radius 1 is 1.21 bits per heavy atom. The van der Waals surface area contributed by atoms with Gasteiger partial charge in [-0.25, -0.2) is 4.39 Å². The van der Waals surface area contributed by atoms with Crippen LogP contribution in [0.3, 0.4) is 0 Å². The summed E-state index contributed by atoms with van der Waals surface area (Å²) in [6.45, 7) is 9.25. The number of halogens is 6. The molecule has 8 heteroatoms. The van der Waals surface area contributed by atoms with Gasteiger partial charge in [0, 0.05) is 4.88 Å². The predicted molar refractivity (Wildman–Crippen MR) is 108 cm³/mol. The van der Waals surface area contributed by atoms with Crippen LogP contribution in [0.5, 0.6) is 0 Å². The zero-order chi connectivity index (χ0) is 21.4. The van der Waals surface area contributed by atoms with E-state index < -0.39 is 39.0 Å². The van der Waals surface area contributed by atoms with E-state index in [-0.39, 0.29) is 4.88 Å². The summed E-state index contributed by atoms with van der Waals surface area (Å²) in [6.07, 6.45) is -3.87. The molecule has 2 rings (SSSR count). The minimum atomic E-state index is -4.87. The highest BCUT2D eigenvalue weighted by Crippen LogP contribution is 2.39. The van der Waals surface area contributed by atoms with Crippen molar-refractivity contribution in [3.8, 4) is 0 Å². The highest BCUT2D eigenvalue weighted by atomic mass is 35.5. The molecule has 0 aliphatic heterocycles. The number of benzene rings is 1. The number of carbonyl (C=O) groups is 1. The number of carbonyl (C=O) groups excluding carboxylic acids is 1. The fraction of sp³-hybridized carbons (Fsp3) is 0.250. The third-order valence-corrected chi connectivity index (χ3v) is 6.17. The zero-order valence-corrected chi connectivity index (χ0v) is 17.6. The van der Waals surface area contributed by atoms with Gasteiger partial charge >= 0.3 is 6.18 Å². The van der Waals surface area contributed by atoms with E-state index in [0.29, 0.717) is 18.1 Å². The first-order chi connectivity index (χ1) is 12.9. The molecule has 0 aliphatic carbocycles. The number of thiophene rings is 1. The van der Waals surface area contributed by atoms with Crippen LogP contribution in [0.25, 0.3) is 11.1 Å². The molecular formula is C20H16Cl2F4OS. The fourth-order valence-electron chi connectivity index (χ4n) is 2.82. The lowest BCUT2D eigenvalue weighted by molar-refractivity contribution is -0.0689. The van der Waals surface area contributed by atoms with E-state index in [0.717, 1.165) is 39.5 Å². The molecule has 0 fully saturated rings. The Bertz CT molecular complexity index is 964. The van der Waals surface area contributed by atoms with Crippen molar-refractivity contribution in [2.45, 2.75) is 33.4 Å². The van der Waals surface area contributed by atoms with Gasteiger partial charge in [-0.15, -0.1) is 11.3 Å². The molecule has 1 aromatic carbocycles. The number of hydrogen-bond acceptors (Lipinski definition) is 2. The molecule has 1 heterocycles. The summed E-state index contributed by atoms with van der Waals surface area (Å²) in [6, 6.07) is 1.60. The Kier molecular flexibility index (Phi) is 6.79. The second-order valence-electron chi connectivity index (χ2n) is 6.17. The van der Waals surface area contributed by atoms with Crippen LogP contribution >= 0.6 is 34.5 Å². The molecule has 0 atom stereocenters. The fourth-order valence-corrected chi connectivity index (χ4v) is 4.54. The van der Waals surface area contributed by atoms with E-state index >= 15 is 0 Å². The first-order valence-corrected chi connectivity index (χ1v) is 9.71. The molecule has 0 unspecified atom stereocenters. The minimum Gasteiger partial charge on any atom is -0.288 e. The first-order valence-electron chi connectivity index (χ1n) is 8.14. The van der Waals surface area contributed by atoms with Crippen LogP contribution in [0.1, 0.15) is 45.1 Å². The molecule has 0 saturated heterocycles. The van der Waals surface area contributed by atoms with Gasteiger partial charge in [-0.05, 0) is 60.7 Å². The third kappa shape index (κ3) is 4.50. The standard InChI is InChI=1S/C20H16Cl2F4OS/c1-5-12-10(4)18(9(2)3)28-19(12)16(27)8-13(20(24,25)26)11-6-14(21)17(23)15(22)7-11/h6-8H,2,5H2,1,3-4H3/b13-8-. The summed E-state index contributed by atoms with van der Waals surface area (Å²) in [4.78, 5) is 13.7. The summed E-state index contributed by atoms with van der Waals surface area (Å²) in [7, 11) is 0. The van der Waals surface area contributed by atoms with Crippen LogP contribution in [0, 0.1) is 12.7 Å². The van der Waals surface area contributed by atoms with Crippen LogP contribution in [0.2, 0.25) is 10.0 Å². The molecule has 0 radical (unpaired) electrons. The van der Waals surface area contributed by atoms with Gasteiger partial charge in [0.15, 0.2) is 11.6 Å². The van der Waals surface area contributed by atoms with E-state index in [1.54, 1.807) is 6.92 Å². The number of rotatable bonds is 5. The highest BCUT2D eigenvalue weighted by Gasteiger charge is 2.36. The normalized spacial score (nSPS) is 12.4. The van der Waals surface area contributed by atoms with Crippen LogP contribution in [-0.2, 0) is 6.42 Å². The Balaban J connectivity index is 2.66. The van der Waals surface area contributed by atoms with Crippen molar-refractivity contribution < 1.29 is 22.4 Å². The van der Waals surface area contributed by atoms with E-state index in [9.17, 15) is 22.4 Å². The van der Waals surface area contributed by atoms with Gasteiger partial charge in [0.25, 0.3) is 0 Å². The topological polar surface area (TPSA) is 17.1 Å². The summed E-state index contributed by atoms with van der Waals surface area (Å²) in [5, 5.41) is -1.12. The van der Waals surface area contributed by atoms with Crippen LogP contribution < -0.4 is 0 Å². The SMILES string of the molecule is C=C(C)c1sc(C(=O)/C=C(/c2cc(Cl)c(F)c(Cl)c2)C(F)(F)F)c(CC)c1C. The van der Waals surface area contributed by atoms with Crippen LogP contribution in [0.15, 0.2) is 24.8 Å². The van der Waals surface area contributed by atoms with E-state index in [1.165, 1.54) is 0 Å². The van der Waals surface area contributed by atoms with E-state index in [1.807, 2.05) is 13.8 Å². The van der Waals surface area contributed by atoms with Gasteiger partial charge in [0.2, 0.25) is 0 Å². The van der Waals surface area contributed by atoms with Gasteiger partial charge in [0.05, 0.1) is 20.5 Å². The molecule has 1 nitrogen and oxygen atoms in total. The Morgan fingerprint density at radius 2 is 1.75 bits per heavy atom. The smallest absolute Gasteiger partial charge is 0.288 e. The van der Waals surface area contributed by atoms with Crippen LogP contribution in [-0.4, -0.2) is 12.0 Å². The maximum Gasteiger partial charge on any atom is 0.417 e. The van der Waals surface area contributed by atoms with Crippen molar-refractivity contribution in [1.82, 2.24) is 0 Å². The zero-order valence-electron chi connectivity index (χ0n) is 15.2. The van der Waals surface area contributed by atoms with E-state index in [4.69, 9.17) is 23.2 Å². The second kappa shape index (κ2) is 8.39. The van der Waals surface area contributed by atoms with Gasteiger partial charge in [-0.1, -0.05) is 36.7 Å². The van der Waals surface area contributed by atoms with Crippen LogP contribution in [0.4, 0.5) is 17.6 Å². The van der Waals surface area contributed by atoms with Crippen molar-refractivity contribution >= 4 is 51.5 Å². The maximum atomic E-state index is 13.6. The molecule has 0 saturated carbocycles. The molecule has 28 heavy (non-hydrogen) atoms. The minimum absolute atomic E-state index is 0.221. The van der Waals surface area contributed by atoms with Crippen molar-refractivity contribution in [3.05, 3.63) is 67.1 Å². The Labute approximate surface area is 174 Å². The largest absolute Gasteiger partial charge is 0.417 e. The van der Waals surface area contributed by atoms with Crippen molar-refractivity contribution in [3.63, 3.8) is 0 Å². The van der Waals surface area contributed by atoms with Gasteiger partial charge in [0.1, 0.15) is 0 Å². The van der Waals surface area contributed by atoms with Crippen molar-refractivity contribution in [1.29, 1.82) is 0 Å². The molecule has 0 amide bonds. The molecule has 0 N–H and O–H groups in total. The summed E-state index contributed by atoms with van der Waals surface area (Å²) in [5.41, 5.74) is 0.516. The van der Waals surface area contributed by atoms with Gasteiger partial charge in [-0.2, -0.15) is 13.2 Å². The predicted octanol–water partition coefficient (Wildman–Crippen LogP) is 7.93. The average Bonchev–Trinajstić information content (AvgIpc) is 2.92. The van der Waals surface area contributed by atoms with E-state index in [2.05, 4.69) is 6.58 Å². The quantitative estimate of drug-likeness (QED) is 0.195. The average molecular weight is 451 g/mol. The molecule has 0 aliphatic rings. The summed E-state index contributed by atoms with van der Waals surface area (Å²) >= 11 is 12.4. The molecule has 150 valence electrons. The Morgan fingerprint density at radius 3 is 2.18 bits per heavy atom. The molecular weight excluding hydrogens is 435 g/mol. The first kappa shape index (κ1) is 22.7. The summed E-state index contributed by atoms with van der Waals surface area (Å²) in [5.74, 6) is -1.81. The lowest BCUT2D eigenvalue weighted by Gasteiger charge is -2.13. The molecule has 0 spiro atoms. The van der Waals surface area contributed by atoms with Gasteiger partial charge < -0.3 is 0 Å². The lowest BCUT2D eigenvalue weighted by Crippen LogP contribution is -2.13. The molecule has 2 aromatic rings. The molecule has 0 bridgehead atoms. The third-order valence-electron chi connectivity index (χ3n) is 4.11. The number of ketones is 1. The lowest BCUT2D eigenvalue weighted by atomic mass is 10.00. The monoisotopic (exact) mass is 450 g/mol. The van der Waals surface area contributed by atoms with Gasteiger partial charge in [-0.3, -0.25) is 4.79 Å². The second-order valence-corrected chi connectivity index (χ2v) is 8.01. The summed E-state index contributed by atoms with van der Waals surface area (Å²) < 4.78 is 54.5. The van der Waals surface area contributed by atoms with Crippen molar-refractivity contribution in [2.75, 3.05) is 0 Å². The maximum absolute atomic E-state index is 13.6. The van der Waals surface area contributed by atoms with Crippen molar-refractivity contribution in [2.24, 2.45) is 0 Å². The number of allylic oxidation sites excluding steroid dienone is 3. The Hall–Kier alpha value is -1.63.